The molecule has 142 valence electrons. The Hall–Kier alpha value is -2.35. The standard InChI is InChI=1S/C20H17ClN4OS2/c1-25-19(14-5-3-2-4-6-14)23-24-20(25)28-13-16-12-27-18(22-16)11-26-17-9-7-15(21)8-10-17/h2-10,12H,11,13H2,1H3. The average Bonchev–Trinajstić information content (AvgIpc) is 3.33. The first-order chi connectivity index (χ1) is 13.7. The summed E-state index contributed by atoms with van der Waals surface area (Å²) in [6.45, 7) is 0.444. The number of halogens is 1. The van der Waals surface area contributed by atoms with Crippen LogP contribution in [0, 0.1) is 0 Å². The predicted molar refractivity (Wildman–Crippen MR) is 114 cm³/mol. The topological polar surface area (TPSA) is 52.8 Å². The van der Waals surface area contributed by atoms with Gasteiger partial charge in [0.25, 0.3) is 0 Å². The van der Waals surface area contributed by atoms with E-state index in [-0.39, 0.29) is 0 Å². The lowest BCUT2D eigenvalue weighted by molar-refractivity contribution is 0.305. The van der Waals surface area contributed by atoms with Gasteiger partial charge in [0, 0.05) is 28.8 Å². The second kappa shape index (κ2) is 8.77. The van der Waals surface area contributed by atoms with Crippen LogP contribution in [-0.4, -0.2) is 19.7 Å². The minimum Gasteiger partial charge on any atom is -0.486 e. The van der Waals surface area contributed by atoms with E-state index in [0.717, 1.165) is 38.7 Å². The molecule has 0 aliphatic rings. The van der Waals surface area contributed by atoms with Crippen LogP contribution in [0.2, 0.25) is 5.02 Å². The van der Waals surface area contributed by atoms with Crippen LogP contribution < -0.4 is 4.74 Å². The van der Waals surface area contributed by atoms with Gasteiger partial charge in [-0.1, -0.05) is 53.7 Å². The molecule has 0 atom stereocenters. The fourth-order valence-electron chi connectivity index (χ4n) is 2.58. The molecule has 0 saturated heterocycles. The van der Waals surface area contributed by atoms with E-state index >= 15 is 0 Å². The number of benzene rings is 2. The summed E-state index contributed by atoms with van der Waals surface area (Å²) in [6, 6.07) is 17.4. The number of nitrogens with zero attached hydrogens (tertiary/aromatic N) is 4. The summed E-state index contributed by atoms with van der Waals surface area (Å²) in [6.07, 6.45) is 0. The van der Waals surface area contributed by atoms with Crippen LogP contribution >= 0.6 is 34.7 Å². The summed E-state index contributed by atoms with van der Waals surface area (Å²) in [7, 11) is 1.98. The normalized spacial score (nSPS) is 10.9. The molecular weight excluding hydrogens is 412 g/mol. The second-order valence-electron chi connectivity index (χ2n) is 6.00. The van der Waals surface area contributed by atoms with Crippen LogP contribution in [0.5, 0.6) is 5.75 Å². The highest BCUT2D eigenvalue weighted by Crippen LogP contribution is 2.26. The third-order valence-corrected chi connectivity index (χ3v) is 6.17. The van der Waals surface area contributed by atoms with Gasteiger partial charge in [-0.3, -0.25) is 0 Å². The van der Waals surface area contributed by atoms with Crippen molar-refractivity contribution >= 4 is 34.7 Å². The Labute approximate surface area is 176 Å². The third kappa shape index (κ3) is 4.55. The van der Waals surface area contributed by atoms with E-state index in [4.69, 9.17) is 16.3 Å². The summed E-state index contributed by atoms with van der Waals surface area (Å²) in [4.78, 5) is 4.64. The molecule has 4 aromatic rings. The van der Waals surface area contributed by atoms with Gasteiger partial charge in [0.2, 0.25) is 0 Å². The van der Waals surface area contributed by atoms with Crippen molar-refractivity contribution < 1.29 is 4.74 Å². The van der Waals surface area contributed by atoms with Crippen LogP contribution in [0.3, 0.4) is 0 Å². The van der Waals surface area contributed by atoms with Crippen molar-refractivity contribution in [3.8, 4) is 17.1 Å². The first-order valence-electron chi connectivity index (χ1n) is 8.58. The van der Waals surface area contributed by atoms with Crippen molar-refractivity contribution in [1.82, 2.24) is 19.7 Å². The van der Waals surface area contributed by atoms with Gasteiger partial charge in [0.1, 0.15) is 17.4 Å². The summed E-state index contributed by atoms with van der Waals surface area (Å²) in [5.74, 6) is 2.37. The lowest BCUT2D eigenvalue weighted by atomic mass is 10.2. The molecule has 0 saturated carbocycles. The summed E-state index contributed by atoms with van der Waals surface area (Å²) >= 11 is 9.10. The van der Waals surface area contributed by atoms with Crippen molar-refractivity contribution in [2.75, 3.05) is 0 Å². The number of hydrogen-bond acceptors (Lipinski definition) is 6. The molecule has 0 bridgehead atoms. The Morgan fingerprint density at radius 1 is 1.07 bits per heavy atom. The van der Waals surface area contributed by atoms with E-state index in [1.807, 2.05) is 66.2 Å². The minimum absolute atomic E-state index is 0.444. The summed E-state index contributed by atoms with van der Waals surface area (Å²) in [5, 5.41) is 13.2. The fraction of sp³-hybridized carbons (Fsp3) is 0.150. The largest absolute Gasteiger partial charge is 0.486 e. The van der Waals surface area contributed by atoms with Gasteiger partial charge in [0.05, 0.1) is 5.69 Å². The zero-order valence-electron chi connectivity index (χ0n) is 15.1. The molecule has 0 radical (unpaired) electrons. The first kappa shape index (κ1) is 19.0. The van der Waals surface area contributed by atoms with Gasteiger partial charge in [-0.25, -0.2) is 4.98 Å². The molecule has 2 aromatic heterocycles. The molecule has 0 aliphatic carbocycles. The van der Waals surface area contributed by atoms with Gasteiger partial charge in [-0.05, 0) is 24.3 Å². The maximum absolute atomic E-state index is 5.89. The molecule has 5 nitrogen and oxygen atoms in total. The lowest BCUT2D eigenvalue weighted by Gasteiger charge is -2.04. The van der Waals surface area contributed by atoms with Crippen molar-refractivity contribution in [1.29, 1.82) is 0 Å². The average molecular weight is 429 g/mol. The Kier molecular flexibility index (Phi) is 5.95. The van der Waals surface area contributed by atoms with Crippen LogP contribution in [0.4, 0.5) is 0 Å². The van der Waals surface area contributed by atoms with Crippen LogP contribution in [0.15, 0.2) is 65.1 Å². The Morgan fingerprint density at radius 2 is 1.86 bits per heavy atom. The van der Waals surface area contributed by atoms with E-state index in [1.54, 1.807) is 23.1 Å². The molecular formula is C20H17ClN4OS2. The van der Waals surface area contributed by atoms with Crippen molar-refractivity contribution in [2.45, 2.75) is 17.5 Å². The SMILES string of the molecule is Cn1c(SCc2csc(COc3ccc(Cl)cc3)n2)nnc1-c1ccccc1. The first-order valence-corrected chi connectivity index (χ1v) is 10.8. The zero-order chi connectivity index (χ0) is 19.3. The summed E-state index contributed by atoms with van der Waals surface area (Å²) in [5.41, 5.74) is 2.06. The smallest absolute Gasteiger partial charge is 0.191 e. The van der Waals surface area contributed by atoms with E-state index in [1.165, 1.54) is 0 Å². The van der Waals surface area contributed by atoms with E-state index in [2.05, 4.69) is 20.6 Å². The second-order valence-corrected chi connectivity index (χ2v) is 8.32. The highest BCUT2D eigenvalue weighted by Gasteiger charge is 2.12. The van der Waals surface area contributed by atoms with Gasteiger partial charge >= 0.3 is 0 Å². The van der Waals surface area contributed by atoms with Crippen molar-refractivity contribution in [3.63, 3.8) is 0 Å². The van der Waals surface area contributed by atoms with Crippen LogP contribution in [0.25, 0.3) is 11.4 Å². The van der Waals surface area contributed by atoms with Gasteiger partial charge < -0.3 is 9.30 Å². The minimum atomic E-state index is 0.444. The number of thioether (sulfide) groups is 1. The molecule has 8 heteroatoms. The number of ether oxygens (including phenoxy) is 1. The van der Waals surface area contributed by atoms with Crippen molar-refractivity contribution in [2.24, 2.45) is 7.05 Å². The molecule has 0 unspecified atom stereocenters. The van der Waals surface area contributed by atoms with E-state index < -0.39 is 0 Å². The monoisotopic (exact) mass is 428 g/mol. The van der Waals surface area contributed by atoms with E-state index in [0.29, 0.717) is 11.6 Å². The molecule has 2 aromatic carbocycles. The number of thiazole rings is 1. The summed E-state index contributed by atoms with van der Waals surface area (Å²) < 4.78 is 7.76. The molecule has 0 amide bonds. The van der Waals surface area contributed by atoms with E-state index in [9.17, 15) is 0 Å². The molecule has 0 N–H and O–H groups in total. The predicted octanol–water partition coefficient (Wildman–Crippen LogP) is 5.46. The Balaban J connectivity index is 1.35. The molecule has 0 fully saturated rings. The highest BCUT2D eigenvalue weighted by atomic mass is 35.5. The number of hydrogen-bond donors (Lipinski definition) is 0. The van der Waals surface area contributed by atoms with Gasteiger partial charge in [-0.15, -0.1) is 21.5 Å². The molecule has 28 heavy (non-hydrogen) atoms. The number of aromatic nitrogens is 4. The molecule has 4 rings (SSSR count). The lowest BCUT2D eigenvalue weighted by Crippen LogP contribution is -1.96. The quantitative estimate of drug-likeness (QED) is 0.365. The molecule has 0 spiro atoms. The fourth-order valence-corrected chi connectivity index (χ4v) is 4.32. The van der Waals surface area contributed by atoms with Crippen LogP contribution in [-0.2, 0) is 19.4 Å². The molecule has 2 heterocycles. The Morgan fingerprint density at radius 3 is 2.64 bits per heavy atom. The van der Waals surface area contributed by atoms with Crippen LogP contribution in [0.1, 0.15) is 10.7 Å². The zero-order valence-corrected chi connectivity index (χ0v) is 17.5. The highest BCUT2D eigenvalue weighted by molar-refractivity contribution is 7.98. The third-order valence-electron chi connectivity index (χ3n) is 3.99. The van der Waals surface area contributed by atoms with Crippen molar-refractivity contribution in [3.05, 3.63) is 75.7 Å². The number of rotatable bonds is 7. The Bertz CT molecular complexity index is 1050. The van der Waals surface area contributed by atoms with Gasteiger partial charge in [-0.2, -0.15) is 0 Å². The maximum Gasteiger partial charge on any atom is 0.191 e. The van der Waals surface area contributed by atoms with Gasteiger partial charge in [0.15, 0.2) is 11.0 Å². The molecule has 0 aliphatic heterocycles. The maximum atomic E-state index is 5.89.